The SMILES string of the molecule is O=C(N[C@H]1CCCNC1)c1cnc(-c2ccccn2)s1. The Morgan fingerprint density at radius 2 is 2.35 bits per heavy atom. The molecular weight excluding hydrogens is 272 g/mol. The fourth-order valence-electron chi connectivity index (χ4n) is 2.22. The first-order chi connectivity index (χ1) is 9.83. The summed E-state index contributed by atoms with van der Waals surface area (Å²) >= 11 is 1.38. The van der Waals surface area contributed by atoms with E-state index < -0.39 is 0 Å². The third-order valence-electron chi connectivity index (χ3n) is 3.25. The van der Waals surface area contributed by atoms with Crippen LogP contribution in [0, 0.1) is 0 Å². The predicted octanol–water partition coefficient (Wildman–Crippen LogP) is 1.69. The molecule has 2 aromatic rings. The molecule has 1 amide bonds. The Morgan fingerprint density at radius 1 is 1.40 bits per heavy atom. The summed E-state index contributed by atoms with van der Waals surface area (Å²) in [6.07, 6.45) is 5.49. The van der Waals surface area contributed by atoms with Crippen LogP contribution >= 0.6 is 11.3 Å². The van der Waals surface area contributed by atoms with Crippen molar-refractivity contribution < 1.29 is 4.79 Å². The molecule has 104 valence electrons. The maximum absolute atomic E-state index is 12.2. The molecule has 1 aliphatic heterocycles. The van der Waals surface area contributed by atoms with Gasteiger partial charge in [-0.05, 0) is 31.5 Å². The topological polar surface area (TPSA) is 66.9 Å². The van der Waals surface area contributed by atoms with Crippen molar-refractivity contribution in [3.63, 3.8) is 0 Å². The van der Waals surface area contributed by atoms with Gasteiger partial charge < -0.3 is 10.6 Å². The van der Waals surface area contributed by atoms with Gasteiger partial charge in [0.05, 0.1) is 11.9 Å². The van der Waals surface area contributed by atoms with Crippen molar-refractivity contribution >= 4 is 17.2 Å². The Morgan fingerprint density at radius 3 is 3.10 bits per heavy atom. The van der Waals surface area contributed by atoms with Crippen LogP contribution in [0.4, 0.5) is 0 Å². The number of hydrogen-bond donors (Lipinski definition) is 2. The second kappa shape index (κ2) is 6.11. The zero-order chi connectivity index (χ0) is 13.8. The molecule has 1 saturated heterocycles. The second-order valence-corrected chi connectivity index (χ2v) is 5.79. The van der Waals surface area contributed by atoms with Crippen LogP contribution in [0.3, 0.4) is 0 Å². The Hall–Kier alpha value is -1.79. The molecule has 2 aromatic heterocycles. The first-order valence-corrected chi connectivity index (χ1v) is 7.53. The molecule has 0 aliphatic carbocycles. The predicted molar refractivity (Wildman–Crippen MR) is 78.7 cm³/mol. The number of thiazole rings is 1. The van der Waals surface area contributed by atoms with Crippen LogP contribution in [-0.2, 0) is 0 Å². The van der Waals surface area contributed by atoms with Gasteiger partial charge in [-0.1, -0.05) is 6.07 Å². The van der Waals surface area contributed by atoms with Crippen LogP contribution in [-0.4, -0.2) is 35.0 Å². The first kappa shape index (κ1) is 13.2. The van der Waals surface area contributed by atoms with E-state index in [0.717, 1.165) is 36.6 Å². The molecule has 1 fully saturated rings. The third-order valence-corrected chi connectivity index (χ3v) is 4.26. The van der Waals surface area contributed by atoms with Crippen molar-refractivity contribution in [2.45, 2.75) is 18.9 Å². The maximum Gasteiger partial charge on any atom is 0.263 e. The third kappa shape index (κ3) is 3.02. The molecule has 0 unspecified atom stereocenters. The van der Waals surface area contributed by atoms with Crippen LogP contribution in [0.25, 0.3) is 10.7 Å². The van der Waals surface area contributed by atoms with E-state index in [2.05, 4.69) is 20.6 Å². The van der Waals surface area contributed by atoms with Gasteiger partial charge in [0.25, 0.3) is 5.91 Å². The fraction of sp³-hybridized carbons (Fsp3) is 0.357. The number of piperidine rings is 1. The summed E-state index contributed by atoms with van der Waals surface area (Å²) in [5.41, 5.74) is 0.802. The van der Waals surface area contributed by atoms with Crippen molar-refractivity contribution in [1.82, 2.24) is 20.6 Å². The fourth-order valence-corrected chi connectivity index (χ4v) is 3.01. The summed E-state index contributed by atoms with van der Waals surface area (Å²) in [7, 11) is 0. The summed E-state index contributed by atoms with van der Waals surface area (Å²) in [4.78, 5) is 21.3. The molecule has 3 rings (SSSR count). The summed E-state index contributed by atoms with van der Waals surface area (Å²) < 4.78 is 0. The Bertz CT molecular complexity index is 578. The number of nitrogens with zero attached hydrogens (tertiary/aromatic N) is 2. The van der Waals surface area contributed by atoms with E-state index in [1.165, 1.54) is 11.3 Å². The van der Waals surface area contributed by atoms with Crippen molar-refractivity contribution in [3.8, 4) is 10.7 Å². The van der Waals surface area contributed by atoms with E-state index in [0.29, 0.717) is 4.88 Å². The van der Waals surface area contributed by atoms with Crippen LogP contribution in [0.5, 0.6) is 0 Å². The highest BCUT2D eigenvalue weighted by atomic mass is 32.1. The first-order valence-electron chi connectivity index (χ1n) is 6.72. The molecule has 5 nitrogen and oxygen atoms in total. The minimum Gasteiger partial charge on any atom is -0.347 e. The van der Waals surface area contributed by atoms with Gasteiger partial charge in [-0.3, -0.25) is 9.78 Å². The minimum atomic E-state index is -0.0432. The van der Waals surface area contributed by atoms with E-state index in [4.69, 9.17) is 0 Å². The van der Waals surface area contributed by atoms with Crippen molar-refractivity contribution in [2.75, 3.05) is 13.1 Å². The van der Waals surface area contributed by atoms with Crippen molar-refractivity contribution in [2.24, 2.45) is 0 Å². The zero-order valence-corrected chi connectivity index (χ0v) is 11.8. The summed E-state index contributed by atoms with van der Waals surface area (Å²) in [5, 5.41) is 7.11. The standard InChI is InChI=1S/C14H16N4OS/c19-13(18-10-4-3-6-15-8-10)12-9-17-14(20-12)11-5-1-2-7-16-11/h1-2,5,7,9-10,15H,3-4,6,8H2,(H,18,19)/t10-/m0/s1. The van der Waals surface area contributed by atoms with Gasteiger partial charge in [-0.2, -0.15) is 0 Å². The highest BCUT2D eigenvalue weighted by Gasteiger charge is 2.18. The molecule has 0 bridgehead atoms. The van der Waals surface area contributed by atoms with Crippen molar-refractivity contribution in [1.29, 1.82) is 0 Å². The highest BCUT2D eigenvalue weighted by Crippen LogP contribution is 2.23. The number of nitrogens with one attached hydrogen (secondary N) is 2. The van der Waals surface area contributed by atoms with E-state index in [-0.39, 0.29) is 11.9 Å². The lowest BCUT2D eigenvalue weighted by atomic mass is 10.1. The normalized spacial score (nSPS) is 18.7. The molecule has 20 heavy (non-hydrogen) atoms. The molecular formula is C14H16N4OS. The van der Waals surface area contributed by atoms with Crippen LogP contribution in [0.15, 0.2) is 30.6 Å². The number of rotatable bonds is 3. The molecule has 0 radical (unpaired) electrons. The van der Waals surface area contributed by atoms with E-state index in [1.807, 2.05) is 18.2 Å². The van der Waals surface area contributed by atoms with E-state index in [9.17, 15) is 4.79 Å². The molecule has 1 aliphatic rings. The minimum absolute atomic E-state index is 0.0432. The summed E-state index contributed by atoms with van der Waals surface area (Å²) in [5.74, 6) is -0.0432. The van der Waals surface area contributed by atoms with E-state index in [1.54, 1.807) is 12.4 Å². The molecule has 3 heterocycles. The monoisotopic (exact) mass is 288 g/mol. The zero-order valence-electron chi connectivity index (χ0n) is 11.0. The van der Waals surface area contributed by atoms with Gasteiger partial charge in [-0.15, -0.1) is 11.3 Å². The quantitative estimate of drug-likeness (QED) is 0.902. The Balaban J connectivity index is 1.68. The average molecular weight is 288 g/mol. The molecule has 0 saturated carbocycles. The van der Waals surface area contributed by atoms with Gasteiger partial charge >= 0.3 is 0 Å². The Kier molecular flexibility index (Phi) is 4.03. The maximum atomic E-state index is 12.2. The molecule has 2 N–H and O–H groups in total. The summed E-state index contributed by atoms with van der Waals surface area (Å²) in [6, 6.07) is 5.89. The average Bonchev–Trinajstić information content (AvgIpc) is 2.99. The molecule has 0 aromatic carbocycles. The van der Waals surface area contributed by atoms with Gasteiger partial charge in [0.2, 0.25) is 0 Å². The van der Waals surface area contributed by atoms with Crippen LogP contribution < -0.4 is 10.6 Å². The van der Waals surface area contributed by atoms with Crippen LogP contribution in [0.1, 0.15) is 22.5 Å². The number of amides is 1. The number of pyridine rings is 1. The molecule has 0 spiro atoms. The number of aromatic nitrogens is 2. The number of carbonyl (C=O) groups is 1. The van der Waals surface area contributed by atoms with Gasteiger partial charge in [0.1, 0.15) is 9.88 Å². The molecule has 6 heteroatoms. The van der Waals surface area contributed by atoms with Gasteiger partial charge in [0.15, 0.2) is 0 Å². The van der Waals surface area contributed by atoms with E-state index >= 15 is 0 Å². The largest absolute Gasteiger partial charge is 0.347 e. The lowest BCUT2D eigenvalue weighted by Crippen LogP contribution is -2.45. The highest BCUT2D eigenvalue weighted by molar-refractivity contribution is 7.16. The van der Waals surface area contributed by atoms with Crippen molar-refractivity contribution in [3.05, 3.63) is 35.5 Å². The Labute approximate surface area is 121 Å². The number of hydrogen-bond acceptors (Lipinski definition) is 5. The van der Waals surface area contributed by atoms with Crippen LogP contribution in [0.2, 0.25) is 0 Å². The smallest absolute Gasteiger partial charge is 0.263 e. The molecule has 1 atom stereocenters. The van der Waals surface area contributed by atoms with Gasteiger partial charge in [0, 0.05) is 18.8 Å². The lowest BCUT2D eigenvalue weighted by Gasteiger charge is -2.23. The van der Waals surface area contributed by atoms with Gasteiger partial charge in [-0.25, -0.2) is 4.98 Å². The lowest BCUT2D eigenvalue weighted by molar-refractivity contribution is 0.0934. The summed E-state index contributed by atoms with van der Waals surface area (Å²) in [6.45, 7) is 1.88. The second-order valence-electron chi connectivity index (χ2n) is 4.76. The number of carbonyl (C=O) groups excluding carboxylic acids is 1.